The summed E-state index contributed by atoms with van der Waals surface area (Å²) in [7, 11) is -4.37. The van der Waals surface area contributed by atoms with E-state index in [0.717, 1.165) is 10.5 Å². The van der Waals surface area contributed by atoms with Crippen molar-refractivity contribution >= 4 is 33.8 Å². The molecular weight excluding hydrogens is 354 g/mol. The van der Waals surface area contributed by atoms with E-state index < -0.39 is 37.8 Å². The zero-order valence-electron chi connectivity index (χ0n) is 13.3. The number of fused-ring (bicyclic) bond motifs is 1. The average molecular weight is 371 g/mol. The normalized spacial score (nSPS) is 28.4. The molecule has 1 aromatic carbocycles. The fourth-order valence-electron chi connectivity index (χ4n) is 3.02. The molecule has 2 heterocycles. The first kappa shape index (κ1) is 17.2. The summed E-state index contributed by atoms with van der Waals surface area (Å²) < 4.78 is 29.4. The van der Waals surface area contributed by atoms with Crippen LogP contribution in [0.2, 0.25) is 0 Å². The summed E-state index contributed by atoms with van der Waals surface area (Å²) >= 11 is 1.23. The van der Waals surface area contributed by atoms with Crippen molar-refractivity contribution in [3.05, 3.63) is 29.8 Å². The molecule has 130 valence electrons. The third-order valence-electron chi connectivity index (χ3n) is 4.32. The van der Waals surface area contributed by atoms with Crippen LogP contribution in [0, 0.1) is 6.92 Å². The second kappa shape index (κ2) is 5.21. The minimum atomic E-state index is -4.37. The van der Waals surface area contributed by atoms with Gasteiger partial charge in [0.05, 0.1) is 21.4 Å². The number of amides is 1. The molecule has 2 saturated heterocycles. The van der Waals surface area contributed by atoms with Gasteiger partial charge in [0.15, 0.2) is 0 Å². The van der Waals surface area contributed by atoms with Gasteiger partial charge in [-0.1, -0.05) is 17.7 Å². The molecule has 0 aliphatic carbocycles. The average Bonchev–Trinajstić information content (AvgIpc) is 2.62. The van der Waals surface area contributed by atoms with Crippen molar-refractivity contribution in [1.29, 1.82) is 0 Å². The van der Waals surface area contributed by atoms with Crippen molar-refractivity contribution < 1.29 is 27.3 Å². The molecule has 0 spiro atoms. The number of aliphatic carboxylic acids is 1. The van der Waals surface area contributed by atoms with Gasteiger partial charge >= 0.3 is 5.97 Å². The molecule has 0 radical (unpaired) electrons. The molecule has 2 fully saturated rings. The Morgan fingerprint density at radius 3 is 2.42 bits per heavy atom. The lowest BCUT2D eigenvalue weighted by molar-refractivity contribution is -0.194. The van der Waals surface area contributed by atoms with E-state index in [-0.39, 0.29) is 11.3 Å². The Labute approximate surface area is 144 Å². The molecule has 0 bridgehead atoms. The van der Waals surface area contributed by atoms with E-state index >= 15 is 0 Å². The number of rotatable bonds is 4. The number of carbonyl (C=O) groups excluding carboxylic acids is 1. The number of hydrogen-bond donors (Lipinski definition) is 1. The highest BCUT2D eigenvalue weighted by atomic mass is 32.2. The van der Waals surface area contributed by atoms with E-state index in [9.17, 15) is 23.1 Å². The van der Waals surface area contributed by atoms with Crippen LogP contribution in [-0.2, 0) is 23.9 Å². The van der Waals surface area contributed by atoms with E-state index in [2.05, 4.69) is 0 Å². The van der Waals surface area contributed by atoms with Crippen LogP contribution in [0.25, 0.3) is 0 Å². The highest BCUT2D eigenvalue weighted by Crippen LogP contribution is 2.57. The Balaban J connectivity index is 2.08. The number of carboxylic acid groups (broad SMARTS) is 1. The number of β-lactam (4-membered cyclic amide) rings is 1. The smallest absolute Gasteiger partial charge is 0.360 e. The van der Waals surface area contributed by atoms with Gasteiger partial charge in [0.25, 0.3) is 15.8 Å². The molecule has 0 unspecified atom stereocenters. The second-order valence-corrected chi connectivity index (χ2v) is 9.70. The summed E-state index contributed by atoms with van der Waals surface area (Å²) in [5.41, 5.74) is -1.40. The minimum absolute atomic E-state index is 0.147. The number of thioether (sulfide) groups is 1. The molecule has 2 atom stereocenters. The lowest BCUT2D eigenvalue weighted by Crippen LogP contribution is -2.68. The monoisotopic (exact) mass is 371 g/mol. The number of nitrogens with zero attached hydrogens (tertiary/aromatic N) is 1. The third-order valence-corrected chi connectivity index (χ3v) is 7.15. The third kappa shape index (κ3) is 2.26. The fourth-order valence-corrected chi connectivity index (χ4v) is 5.98. The molecule has 2 aliphatic rings. The summed E-state index contributed by atoms with van der Waals surface area (Å²) in [5, 5.41) is 9.41. The highest BCUT2D eigenvalue weighted by molar-refractivity contribution is 8.01. The van der Waals surface area contributed by atoms with Crippen LogP contribution in [0.1, 0.15) is 25.8 Å². The summed E-state index contributed by atoms with van der Waals surface area (Å²) in [5.74, 6) is -1.93. The van der Waals surface area contributed by atoms with Crippen LogP contribution in [0.4, 0.5) is 0 Å². The van der Waals surface area contributed by atoms with E-state index in [1.54, 1.807) is 32.9 Å². The molecule has 9 heteroatoms. The minimum Gasteiger partial charge on any atom is -0.478 e. The van der Waals surface area contributed by atoms with Crippen molar-refractivity contribution in [2.45, 2.75) is 47.9 Å². The van der Waals surface area contributed by atoms with Crippen molar-refractivity contribution in [2.75, 3.05) is 0 Å². The van der Waals surface area contributed by atoms with E-state index in [1.807, 2.05) is 0 Å². The quantitative estimate of drug-likeness (QED) is 0.633. The first-order valence-corrected chi connectivity index (χ1v) is 9.56. The Hall–Kier alpha value is -1.58. The summed E-state index contributed by atoms with van der Waals surface area (Å²) in [4.78, 5) is 24.9. The Bertz CT molecular complexity index is 817. The summed E-state index contributed by atoms with van der Waals surface area (Å²) in [6, 6.07) is 5.89. The van der Waals surface area contributed by atoms with Gasteiger partial charge in [-0.05, 0) is 32.9 Å². The largest absolute Gasteiger partial charge is 0.478 e. The molecule has 1 amide bonds. The van der Waals surface area contributed by atoms with E-state index in [0.29, 0.717) is 0 Å². The molecule has 7 nitrogen and oxygen atoms in total. The lowest BCUT2D eigenvalue weighted by atomic mass is 9.94. The SMILES string of the molecule is Cc1ccc(S(=O)(=O)O[C@@]2(C(=O)O)N3C(=O)C[C@H]3SC2(C)C)cc1. The number of carboxylic acids is 1. The predicted octanol–water partition coefficient (Wildman–Crippen LogP) is 1.57. The maximum atomic E-state index is 12.6. The predicted molar refractivity (Wildman–Crippen MR) is 86.7 cm³/mol. The molecule has 1 aromatic rings. The lowest BCUT2D eigenvalue weighted by Gasteiger charge is -2.44. The van der Waals surface area contributed by atoms with Gasteiger partial charge in [0.1, 0.15) is 0 Å². The number of hydrogen-bond acceptors (Lipinski definition) is 6. The Morgan fingerprint density at radius 1 is 1.33 bits per heavy atom. The van der Waals surface area contributed by atoms with Crippen LogP contribution in [0.15, 0.2) is 29.2 Å². The van der Waals surface area contributed by atoms with Gasteiger partial charge in [-0.2, -0.15) is 8.42 Å². The van der Waals surface area contributed by atoms with E-state index in [4.69, 9.17) is 4.18 Å². The topological polar surface area (TPSA) is 101 Å². The molecule has 3 rings (SSSR count). The van der Waals surface area contributed by atoms with Gasteiger partial charge in [-0.3, -0.25) is 9.69 Å². The maximum Gasteiger partial charge on any atom is 0.360 e. The molecule has 0 saturated carbocycles. The van der Waals surface area contributed by atoms with Gasteiger partial charge in [-0.15, -0.1) is 11.8 Å². The van der Waals surface area contributed by atoms with Crippen LogP contribution >= 0.6 is 11.8 Å². The first-order valence-electron chi connectivity index (χ1n) is 7.27. The zero-order chi connectivity index (χ0) is 17.9. The zero-order valence-corrected chi connectivity index (χ0v) is 15.0. The molecule has 2 aliphatic heterocycles. The summed E-state index contributed by atoms with van der Waals surface area (Å²) in [6.07, 6.45) is 0.178. The van der Waals surface area contributed by atoms with Gasteiger partial charge < -0.3 is 5.11 Å². The van der Waals surface area contributed by atoms with Crippen molar-refractivity contribution in [1.82, 2.24) is 4.90 Å². The van der Waals surface area contributed by atoms with E-state index in [1.165, 1.54) is 23.9 Å². The molecule has 1 N–H and O–H groups in total. The van der Waals surface area contributed by atoms with Crippen molar-refractivity contribution in [3.63, 3.8) is 0 Å². The number of aryl methyl sites for hydroxylation is 1. The van der Waals surface area contributed by atoms with Crippen LogP contribution in [0.3, 0.4) is 0 Å². The van der Waals surface area contributed by atoms with Crippen LogP contribution in [0.5, 0.6) is 0 Å². The maximum absolute atomic E-state index is 12.6. The van der Waals surface area contributed by atoms with Gasteiger partial charge in [-0.25, -0.2) is 8.98 Å². The Morgan fingerprint density at radius 2 is 1.92 bits per heavy atom. The highest BCUT2D eigenvalue weighted by Gasteiger charge is 2.72. The van der Waals surface area contributed by atoms with Crippen molar-refractivity contribution in [3.8, 4) is 0 Å². The molecular formula is C15H17NO6S2. The fraction of sp³-hybridized carbons (Fsp3) is 0.467. The first-order chi connectivity index (χ1) is 11.0. The standard InChI is InChI=1S/C15H17NO6S2/c1-9-4-6-10(7-5-9)24(20,21)22-15(13(18)19)14(2,3)23-12-8-11(17)16(12)15/h4-7,12H,8H2,1-3H3,(H,18,19)/t12-,15-/m1/s1. The Kier molecular flexibility index (Phi) is 3.74. The molecule has 0 aromatic heterocycles. The van der Waals surface area contributed by atoms with Crippen molar-refractivity contribution in [2.24, 2.45) is 0 Å². The number of benzene rings is 1. The van der Waals surface area contributed by atoms with Crippen LogP contribution < -0.4 is 0 Å². The second-order valence-electron chi connectivity index (χ2n) is 6.35. The van der Waals surface area contributed by atoms with Gasteiger partial charge in [0, 0.05) is 0 Å². The molecule has 24 heavy (non-hydrogen) atoms. The van der Waals surface area contributed by atoms with Crippen LogP contribution in [-0.4, -0.2) is 46.1 Å². The summed E-state index contributed by atoms with van der Waals surface area (Å²) in [6.45, 7) is 4.94. The number of carbonyl (C=O) groups is 2. The van der Waals surface area contributed by atoms with Gasteiger partial charge in [0.2, 0.25) is 5.91 Å².